The number of nitrogens with zero attached hydrogens (tertiary/aromatic N) is 4. The van der Waals surface area contributed by atoms with Crippen molar-refractivity contribution in [1.82, 2.24) is 24.9 Å². The van der Waals surface area contributed by atoms with Crippen molar-refractivity contribution in [3.8, 4) is 34.6 Å². The zero-order valence-corrected chi connectivity index (χ0v) is 13.5. The van der Waals surface area contributed by atoms with Gasteiger partial charge in [0.25, 0.3) is 0 Å². The van der Waals surface area contributed by atoms with E-state index in [9.17, 15) is 0 Å². The summed E-state index contributed by atoms with van der Waals surface area (Å²) in [7, 11) is 0. The Labute approximate surface area is 147 Å². The Kier molecular flexibility index (Phi) is 3.31. The van der Waals surface area contributed by atoms with E-state index in [4.69, 9.17) is 13.4 Å². The Hall–Kier alpha value is -3.81. The highest BCUT2D eigenvalue weighted by molar-refractivity contribution is 5.58. The van der Waals surface area contributed by atoms with Gasteiger partial charge in [-0.25, -0.2) is 4.98 Å². The van der Waals surface area contributed by atoms with Gasteiger partial charge in [-0.05, 0) is 30.3 Å². The summed E-state index contributed by atoms with van der Waals surface area (Å²) in [5, 5.41) is 10.9. The SMILES string of the molecule is c1coc(-c2cc(Cn3ccnc3-c3ccc(-c4ccn[nH]4)o3)no2)c1. The minimum Gasteiger partial charge on any atom is -0.461 e. The molecular formula is C18H13N5O3. The zero-order chi connectivity index (χ0) is 17.3. The number of hydrogen-bond donors (Lipinski definition) is 1. The molecule has 5 aromatic rings. The molecule has 0 radical (unpaired) electrons. The summed E-state index contributed by atoms with van der Waals surface area (Å²) in [5.41, 5.74) is 1.57. The van der Waals surface area contributed by atoms with Crippen molar-refractivity contribution in [2.45, 2.75) is 6.54 Å². The Bertz CT molecular complexity index is 1120. The van der Waals surface area contributed by atoms with E-state index in [1.54, 1.807) is 24.7 Å². The standard InChI is InChI=1S/C18H13N5O3/c1-2-15(24-9-1)17-10-12(22-26-17)11-23-8-7-19-18(23)16-4-3-14(25-16)13-5-6-20-21-13/h1-10H,11H2,(H,20,21). The van der Waals surface area contributed by atoms with Gasteiger partial charge in [-0.3, -0.25) is 5.10 Å². The van der Waals surface area contributed by atoms with Crippen LogP contribution >= 0.6 is 0 Å². The number of aromatic nitrogens is 5. The fourth-order valence-electron chi connectivity index (χ4n) is 2.75. The van der Waals surface area contributed by atoms with Crippen LogP contribution in [0.5, 0.6) is 0 Å². The zero-order valence-electron chi connectivity index (χ0n) is 13.5. The van der Waals surface area contributed by atoms with Crippen molar-refractivity contribution in [2.75, 3.05) is 0 Å². The lowest BCUT2D eigenvalue weighted by Crippen LogP contribution is -2.00. The molecule has 26 heavy (non-hydrogen) atoms. The number of aromatic amines is 1. The van der Waals surface area contributed by atoms with Crippen LogP contribution in [-0.4, -0.2) is 24.9 Å². The molecule has 0 saturated carbocycles. The molecule has 128 valence electrons. The number of H-pyrrole nitrogens is 1. The summed E-state index contributed by atoms with van der Waals surface area (Å²) in [6.45, 7) is 0.500. The van der Waals surface area contributed by atoms with Gasteiger partial charge in [0.1, 0.15) is 11.4 Å². The van der Waals surface area contributed by atoms with Gasteiger partial charge < -0.3 is 17.9 Å². The molecule has 0 saturated heterocycles. The Balaban J connectivity index is 1.41. The molecule has 5 aromatic heterocycles. The van der Waals surface area contributed by atoms with E-state index in [1.165, 1.54) is 0 Å². The molecule has 0 unspecified atom stereocenters. The summed E-state index contributed by atoms with van der Waals surface area (Å²) in [5.74, 6) is 3.30. The first kappa shape index (κ1) is 14.5. The third-order valence-corrected chi connectivity index (χ3v) is 3.96. The third-order valence-electron chi connectivity index (χ3n) is 3.96. The molecule has 0 aliphatic heterocycles. The summed E-state index contributed by atoms with van der Waals surface area (Å²) in [6, 6.07) is 11.1. The van der Waals surface area contributed by atoms with Crippen LogP contribution in [0.25, 0.3) is 34.6 Å². The smallest absolute Gasteiger partial charge is 0.202 e. The number of hydrogen-bond acceptors (Lipinski definition) is 6. The molecule has 1 N–H and O–H groups in total. The highest BCUT2D eigenvalue weighted by atomic mass is 16.5. The van der Waals surface area contributed by atoms with Crippen LogP contribution in [0.4, 0.5) is 0 Å². The first-order valence-corrected chi connectivity index (χ1v) is 7.97. The van der Waals surface area contributed by atoms with Crippen molar-refractivity contribution in [3.05, 3.63) is 66.9 Å². The van der Waals surface area contributed by atoms with E-state index < -0.39 is 0 Å². The molecule has 0 aliphatic rings. The summed E-state index contributed by atoms with van der Waals surface area (Å²) in [4.78, 5) is 4.40. The molecule has 5 rings (SSSR count). The molecule has 8 nitrogen and oxygen atoms in total. The van der Waals surface area contributed by atoms with Gasteiger partial charge in [0.2, 0.25) is 5.76 Å². The number of imidazole rings is 1. The van der Waals surface area contributed by atoms with Gasteiger partial charge in [0.05, 0.1) is 12.8 Å². The molecule has 0 spiro atoms. The van der Waals surface area contributed by atoms with Crippen LogP contribution in [0.2, 0.25) is 0 Å². The number of rotatable bonds is 5. The molecule has 0 fully saturated rings. The quantitative estimate of drug-likeness (QED) is 0.519. The van der Waals surface area contributed by atoms with E-state index in [2.05, 4.69) is 20.3 Å². The summed E-state index contributed by atoms with van der Waals surface area (Å²) < 4.78 is 18.5. The predicted octanol–water partition coefficient (Wildman–Crippen LogP) is 3.83. The van der Waals surface area contributed by atoms with Crippen molar-refractivity contribution < 1.29 is 13.4 Å². The first-order valence-electron chi connectivity index (χ1n) is 7.97. The maximum Gasteiger partial charge on any atom is 0.202 e. The highest BCUT2D eigenvalue weighted by Gasteiger charge is 2.15. The van der Waals surface area contributed by atoms with Crippen molar-refractivity contribution in [3.63, 3.8) is 0 Å². The van der Waals surface area contributed by atoms with E-state index in [0.29, 0.717) is 35.4 Å². The fraction of sp³-hybridized carbons (Fsp3) is 0.0556. The minimum absolute atomic E-state index is 0.500. The lowest BCUT2D eigenvalue weighted by molar-refractivity contribution is 0.409. The number of nitrogens with one attached hydrogen (secondary N) is 1. The topological polar surface area (TPSA) is 98.8 Å². The van der Waals surface area contributed by atoms with Crippen molar-refractivity contribution in [2.24, 2.45) is 0 Å². The molecule has 8 heteroatoms. The molecule has 0 amide bonds. The maximum atomic E-state index is 5.90. The van der Waals surface area contributed by atoms with Crippen LogP contribution in [0.3, 0.4) is 0 Å². The average molecular weight is 347 g/mol. The second-order valence-corrected chi connectivity index (χ2v) is 5.67. The van der Waals surface area contributed by atoms with Gasteiger partial charge in [-0.15, -0.1) is 0 Å². The molecule has 0 atom stereocenters. The van der Waals surface area contributed by atoms with Gasteiger partial charge in [-0.1, -0.05) is 5.16 Å². The maximum absolute atomic E-state index is 5.90. The molecule has 0 aliphatic carbocycles. The van der Waals surface area contributed by atoms with Crippen LogP contribution in [-0.2, 0) is 6.54 Å². The predicted molar refractivity (Wildman–Crippen MR) is 90.8 cm³/mol. The van der Waals surface area contributed by atoms with E-state index in [1.807, 2.05) is 41.1 Å². The summed E-state index contributed by atoms with van der Waals surface area (Å²) in [6.07, 6.45) is 6.87. The lowest BCUT2D eigenvalue weighted by Gasteiger charge is -2.03. The highest BCUT2D eigenvalue weighted by Crippen LogP contribution is 2.27. The average Bonchev–Trinajstić information content (AvgIpc) is 3.45. The second kappa shape index (κ2) is 5.92. The van der Waals surface area contributed by atoms with Crippen LogP contribution < -0.4 is 0 Å². The molecule has 5 heterocycles. The second-order valence-electron chi connectivity index (χ2n) is 5.67. The van der Waals surface area contributed by atoms with Gasteiger partial charge in [-0.2, -0.15) is 5.10 Å². The van der Waals surface area contributed by atoms with E-state index in [0.717, 1.165) is 11.4 Å². The Morgan fingerprint density at radius 2 is 1.96 bits per heavy atom. The monoisotopic (exact) mass is 347 g/mol. The van der Waals surface area contributed by atoms with Crippen LogP contribution in [0.15, 0.2) is 74.6 Å². The lowest BCUT2D eigenvalue weighted by atomic mass is 10.3. The largest absolute Gasteiger partial charge is 0.461 e. The minimum atomic E-state index is 0.500. The van der Waals surface area contributed by atoms with Crippen LogP contribution in [0.1, 0.15) is 5.69 Å². The molecule has 0 aromatic carbocycles. The Morgan fingerprint density at radius 3 is 2.81 bits per heavy atom. The van der Waals surface area contributed by atoms with Crippen molar-refractivity contribution >= 4 is 0 Å². The third kappa shape index (κ3) is 2.53. The summed E-state index contributed by atoms with van der Waals surface area (Å²) >= 11 is 0. The molecule has 0 bridgehead atoms. The fourth-order valence-corrected chi connectivity index (χ4v) is 2.75. The van der Waals surface area contributed by atoms with Gasteiger partial charge in [0.15, 0.2) is 23.1 Å². The van der Waals surface area contributed by atoms with E-state index in [-0.39, 0.29) is 0 Å². The van der Waals surface area contributed by atoms with E-state index >= 15 is 0 Å². The normalized spacial score (nSPS) is 11.2. The van der Waals surface area contributed by atoms with Gasteiger partial charge >= 0.3 is 0 Å². The van der Waals surface area contributed by atoms with Crippen molar-refractivity contribution in [1.29, 1.82) is 0 Å². The molecular weight excluding hydrogens is 334 g/mol. The van der Waals surface area contributed by atoms with Crippen LogP contribution in [0, 0.1) is 0 Å². The number of furan rings is 2. The first-order chi connectivity index (χ1) is 12.9. The van der Waals surface area contributed by atoms with Gasteiger partial charge in [0, 0.05) is 24.7 Å². The Morgan fingerprint density at radius 1 is 1.00 bits per heavy atom.